The van der Waals surface area contributed by atoms with Crippen LogP contribution in [0.1, 0.15) is 11.1 Å². The van der Waals surface area contributed by atoms with E-state index in [9.17, 15) is 13.5 Å². The highest BCUT2D eigenvalue weighted by atomic mass is 32.2. The number of aromatic amines is 1. The van der Waals surface area contributed by atoms with Crippen molar-refractivity contribution in [2.75, 3.05) is 16.7 Å². The predicted molar refractivity (Wildman–Crippen MR) is 97.8 cm³/mol. The number of nitrogens with one attached hydrogen (secondary N) is 2. The van der Waals surface area contributed by atoms with Gasteiger partial charge in [0.1, 0.15) is 5.75 Å². The Morgan fingerprint density at radius 1 is 1.17 bits per heavy atom. The SMILES string of the molecule is Cc1cc(-c2[nH]c3ccc(NS(C)(=O)=O)cc3c2C)cc(N)c1O. The highest BCUT2D eigenvalue weighted by Crippen LogP contribution is 2.35. The Hall–Kier alpha value is -2.67. The van der Waals surface area contributed by atoms with E-state index in [1.807, 2.05) is 19.1 Å². The van der Waals surface area contributed by atoms with Gasteiger partial charge in [-0.05, 0) is 55.3 Å². The molecule has 3 rings (SSSR count). The van der Waals surface area contributed by atoms with Crippen LogP contribution in [-0.4, -0.2) is 24.8 Å². The molecule has 0 bridgehead atoms. The molecule has 0 amide bonds. The minimum atomic E-state index is -3.32. The summed E-state index contributed by atoms with van der Waals surface area (Å²) in [6.45, 7) is 3.75. The molecular weight excluding hydrogens is 326 g/mol. The second kappa shape index (κ2) is 5.45. The molecule has 0 spiro atoms. The molecule has 0 aliphatic rings. The number of nitrogen functional groups attached to an aromatic ring is 1. The summed E-state index contributed by atoms with van der Waals surface area (Å²) in [6, 6.07) is 8.91. The van der Waals surface area contributed by atoms with Crippen LogP contribution in [0.4, 0.5) is 11.4 Å². The number of aryl methyl sites for hydroxylation is 2. The Labute approximate surface area is 140 Å². The number of rotatable bonds is 3. The third kappa shape index (κ3) is 2.90. The smallest absolute Gasteiger partial charge is 0.229 e. The average Bonchev–Trinajstić information content (AvgIpc) is 2.80. The summed E-state index contributed by atoms with van der Waals surface area (Å²) in [7, 11) is -3.32. The van der Waals surface area contributed by atoms with Crippen LogP contribution in [0.2, 0.25) is 0 Å². The normalized spacial score (nSPS) is 11.8. The Morgan fingerprint density at radius 2 is 1.88 bits per heavy atom. The number of phenolic OH excluding ortho intramolecular Hbond substituents is 1. The first-order valence-electron chi connectivity index (χ1n) is 7.35. The molecule has 1 aromatic heterocycles. The highest BCUT2D eigenvalue weighted by molar-refractivity contribution is 7.92. The van der Waals surface area contributed by atoms with Crippen LogP contribution in [0, 0.1) is 13.8 Å². The number of aromatic hydroxyl groups is 1. The van der Waals surface area contributed by atoms with E-state index >= 15 is 0 Å². The first-order valence-corrected chi connectivity index (χ1v) is 9.24. The number of benzene rings is 2. The van der Waals surface area contributed by atoms with Crippen molar-refractivity contribution >= 4 is 32.3 Å². The van der Waals surface area contributed by atoms with Crippen LogP contribution in [0.5, 0.6) is 5.75 Å². The molecule has 0 unspecified atom stereocenters. The number of nitrogens with two attached hydrogens (primary N) is 1. The van der Waals surface area contributed by atoms with Crippen molar-refractivity contribution in [3.05, 3.63) is 41.5 Å². The number of phenols is 1. The van der Waals surface area contributed by atoms with E-state index in [2.05, 4.69) is 9.71 Å². The fourth-order valence-electron chi connectivity index (χ4n) is 2.84. The highest BCUT2D eigenvalue weighted by Gasteiger charge is 2.13. The van der Waals surface area contributed by atoms with E-state index in [1.165, 1.54) is 0 Å². The summed E-state index contributed by atoms with van der Waals surface area (Å²) < 4.78 is 25.3. The van der Waals surface area contributed by atoms with E-state index in [0.29, 0.717) is 16.9 Å². The monoisotopic (exact) mass is 345 g/mol. The Bertz CT molecular complexity index is 1030. The van der Waals surface area contributed by atoms with Crippen molar-refractivity contribution in [1.29, 1.82) is 0 Å². The van der Waals surface area contributed by atoms with Crippen LogP contribution in [-0.2, 0) is 10.0 Å². The lowest BCUT2D eigenvalue weighted by Gasteiger charge is -2.07. The molecule has 0 aliphatic heterocycles. The lowest BCUT2D eigenvalue weighted by molar-refractivity contribution is 0.474. The Morgan fingerprint density at radius 3 is 2.50 bits per heavy atom. The minimum Gasteiger partial charge on any atom is -0.506 e. The summed E-state index contributed by atoms with van der Waals surface area (Å²) in [4.78, 5) is 3.33. The van der Waals surface area contributed by atoms with E-state index in [4.69, 9.17) is 5.73 Å². The second-order valence-electron chi connectivity index (χ2n) is 5.99. The fraction of sp³-hybridized carbons (Fsp3) is 0.176. The number of anilines is 2. The van der Waals surface area contributed by atoms with Crippen molar-refractivity contribution in [3.8, 4) is 17.0 Å². The molecule has 0 fully saturated rings. The number of hydrogen-bond donors (Lipinski definition) is 4. The van der Waals surface area contributed by atoms with Crippen molar-refractivity contribution in [2.24, 2.45) is 0 Å². The Kier molecular flexibility index (Phi) is 3.68. The molecule has 1 heterocycles. The van der Waals surface area contributed by atoms with Gasteiger partial charge in [0.2, 0.25) is 10.0 Å². The second-order valence-corrected chi connectivity index (χ2v) is 7.74. The van der Waals surface area contributed by atoms with Crippen LogP contribution >= 0.6 is 0 Å². The number of sulfonamides is 1. The summed E-state index contributed by atoms with van der Waals surface area (Å²) in [5.41, 5.74) is 11.0. The third-order valence-electron chi connectivity index (χ3n) is 3.98. The molecule has 0 saturated heterocycles. The third-order valence-corrected chi connectivity index (χ3v) is 4.59. The van der Waals surface area contributed by atoms with E-state index in [1.54, 1.807) is 25.1 Å². The molecule has 2 aromatic carbocycles. The molecular formula is C17H19N3O3S. The van der Waals surface area contributed by atoms with Crippen LogP contribution in [0.15, 0.2) is 30.3 Å². The fourth-order valence-corrected chi connectivity index (χ4v) is 3.40. The van der Waals surface area contributed by atoms with Gasteiger partial charge in [0.05, 0.1) is 11.9 Å². The maximum Gasteiger partial charge on any atom is 0.229 e. The van der Waals surface area contributed by atoms with Crippen molar-refractivity contribution in [3.63, 3.8) is 0 Å². The number of hydrogen-bond acceptors (Lipinski definition) is 4. The number of H-pyrrole nitrogens is 1. The molecule has 6 nitrogen and oxygen atoms in total. The quantitative estimate of drug-likeness (QED) is 0.432. The lowest BCUT2D eigenvalue weighted by atomic mass is 10.0. The molecule has 5 N–H and O–H groups in total. The Balaban J connectivity index is 2.15. The summed E-state index contributed by atoms with van der Waals surface area (Å²) in [5, 5.41) is 10.8. The molecule has 126 valence electrons. The minimum absolute atomic E-state index is 0.0900. The zero-order valence-corrected chi connectivity index (χ0v) is 14.5. The maximum absolute atomic E-state index is 11.4. The van der Waals surface area contributed by atoms with Gasteiger partial charge in [-0.3, -0.25) is 4.72 Å². The number of fused-ring (bicyclic) bond motifs is 1. The van der Waals surface area contributed by atoms with Crippen molar-refractivity contribution in [1.82, 2.24) is 4.98 Å². The molecule has 0 radical (unpaired) electrons. The van der Waals surface area contributed by atoms with Gasteiger partial charge in [0.25, 0.3) is 0 Å². The van der Waals surface area contributed by atoms with Gasteiger partial charge in [-0.25, -0.2) is 8.42 Å². The number of aromatic nitrogens is 1. The van der Waals surface area contributed by atoms with Gasteiger partial charge in [-0.1, -0.05) is 0 Å². The summed E-state index contributed by atoms with van der Waals surface area (Å²) in [6.07, 6.45) is 1.12. The van der Waals surface area contributed by atoms with E-state index < -0.39 is 10.0 Å². The van der Waals surface area contributed by atoms with Gasteiger partial charge in [0, 0.05) is 27.8 Å². The zero-order chi connectivity index (χ0) is 17.6. The summed E-state index contributed by atoms with van der Waals surface area (Å²) >= 11 is 0. The van der Waals surface area contributed by atoms with Crippen molar-refractivity contribution < 1.29 is 13.5 Å². The molecule has 0 saturated carbocycles. The van der Waals surface area contributed by atoms with Crippen molar-refractivity contribution in [2.45, 2.75) is 13.8 Å². The van der Waals surface area contributed by atoms with Gasteiger partial charge in [-0.2, -0.15) is 0 Å². The maximum atomic E-state index is 11.4. The van der Waals surface area contributed by atoms with Gasteiger partial charge < -0.3 is 15.8 Å². The van der Waals surface area contributed by atoms with Gasteiger partial charge in [-0.15, -0.1) is 0 Å². The van der Waals surface area contributed by atoms with Crippen LogP contribution < -0.4 is 10.5 Å². The van der Waals surface area contributed by atoms with Crippen LogP contribution in [0.3, 0.4) is 0 Å². The average molecular weight is 345 g/mol. The molecule has 24 heavy (non-hydrogen) atoms. The standard InChI is InChI=1S/C17H19N3O3S/c1-9-6-11(7-14(18)17(9)21)16-10(2)13-8-12(20-24(3,22)23)4-5-15(13)19-16/h4-8,19-21H,18H2,1-3H3. The molecule has 0 atom stereocenters. The largest absolute Gasteiger partial charge is 0.506 e. The topological polar surface area (TPSA) is 108 Å². The summed E-state index contributed by atoms with van der Waals surface area (Å²) in [5.74, 6) is 0.0900. The zero-order valence-electron chi connectivity index (χ0n) is 13.6. The molecule has 0 aliphatic carbocycles. The first kappa shape index (κ1) is 16.2. The van der Waals surface area contributed by atoms with E-state index in [-0.39, 0.29) is 5.75 Å². The van der Waals surface area contributed by atoms with E-state index in [0.717, 1.165) is 34.0 Å². The predicted octanol–water partition coefficient (Wildman–Crippen LogP) is 3.11. The molecule has 7 heteroatoms. The van der Waals surface area contributed by atoms with Gasteiger partial charge >= 0.3 is 0 Å². The molecule has 3 aromatic rings. The van der Waals surface area contributed by atoms with Crippen LogP contribution in [0.25, 0.3) is 22.2 Å². The van der Waals surface area contributed by atoms with Gasteiger partial charge in [0.15, 0.2) is 0 Å². The first-order chi connectivity index (χ1) is 11.2. The lowest BCUT2D eigenvalue weighted by Crippen LogP contribution is -2.09.